The van der Waals surface area contributed by atoms with Crippen LogP contribution in [0.1, 0.15) is 155 Å². The lowest BCUT2D eigenvalue weighted by molar-refractivity contribution is -0.161. The number of allylic oxidation sites excluding steroid dienone is 10. The van der Waals surface area contributed by atoms with Crippen molar-refractivity contribution in [2.75, 3.05) is 19.8 Å². The Morgan fingerprint density at radius 1 is 0.593 bits per heavy atom. The molecule has 0 saturated heterocycles. The molecule has 0 amide bonds. The van der Waals surface area contributed by atoms with Crippen LogP contribution >= 0.6 is 7.82 Å². The van der Waals surface area contributed by atoms with E-state index >= 15 is 0 Å². The Morgan fingerprint density at radius 2 is 1.04 bits per heavy atom. The van der Waals surface area contributed by atoms with Crippen molar-refractivity contribution in [3.8, 4) is 0 Å². The summed E-state index contributed by atoms with van der Waals surface area (Å²) in [7, 11) is -4.73. The second-order valence-corrected chi connectivity index (χ2v) is 14.9. The van der Waals surface area contributed by atoms with Crippen molar-refractivity contribution < 1.29 is 47.5 Å². The van der Waals surface area contributed by atoms with E-state index in [2.05, 4.69) is 79.1 Å². The summed E-state index contributed by atoms with van der Waals surface area (Å²) in [4.78, 5) is 45.8. The SMILES string of the molecule is CCCCC/C=C/C/C=C/C/C=C/CCCCC(=O)OC[C@H](COP(=O)(O)OC[C@H](N)C(=O)O)OC(=O)CCCCCCC/C=C/C=C/CCCCCC. The molecule has 0 fully saturated rings. The number of esters is 2. The lowest BCUT2D eigenvalue weighted by Gasteiger charge is -2.20. The smallest absolute Gasteiger partial charge is 0.472 e. The van der Waals surface area contributed by atoms with Gasteiger partial charge in [0.15, 0.2) is 6.10 Å². The van der Waals surface area contributed by atoms with E-state index in [0.29, 0.717) is 12.8 Å². The van der Waals surface area contributed by atoms with Crippen molar-refractivity contribution in [3.05, 3.63) is 60.8 Å². The number of phosphoric acid groups is 1. The van der Waals surface area contributed by atoms with Gasteiger partial charge in [0.1, 0.15) is 12.6 Å². The first kappa shape index (κ1) is 51.2. The summed E-state index contributed by atoms with van der Waals surface area (Å²) in [6, 6.07) is -1.53. The van der Waals surface area contributed by atoms with Gasteiger partial charge in [-0.25, -0.2) is 4.57 Å². The monoisotopic (exact) mass is 781 g/mol. The molecule has 12 heteroatoms. The van der Waals surface area contributed by atoms with E-state index in [1.165, 1.54) is 44.9 Å². The second-order valence-electron chi connectivity index (χ2n) is 13.4. The normalized spacial score (nSPS) is 14.4. The lowest BCUT2D eigenvalue weighted by Crippen LogP contribution is -2.34. The van der Waals surface area contributed by atoms with Gasteiger partial charge in [-0.2, -0.15) is 0 Å². The number of rotatable bonds is 37. The number of phosphoric ester groups is 1. The number of carbonyl (C=O) groups excluding carboxylic acids is 2. The summed E-state index contributed by atoms with van der Waals surface area (Å²) in [6.45, 7) is 2.67. The van der Waals surface area contributed by atoms with Gasteiger partial charge in [0.2, 0.25) is 0 Å². The van der Waals surface area contributed by atoms with E-state index < -0.39 is 51.1 Å². The molecule has 0 radical (unpaired) electrons. The Labute approximate surface area is 326 Å². The molecular weight excluding hydrogens is 709 g/mol. The molecule has 0 aromatic rings. The number of hydrogen-bond donors (Lipinski definition) is 3. The molecule has 0 aromatic carbocycles. The maximum absolute atomic E-state index is 12.6. The molecule has 0 spiro atoms. The van der Waals surface area contributed by atoms with Gasteiger partial charge in [-0.15, -0.1) is 0 Å². The van der Waals surface area contributed by atoms with Gasteiger partial charge in [-0.05, 0) is 77.0 Å². The average Bonchev–Trinajstić information content (AvgIpc) is 3.14. The second kappa shape index (κ2) is 37.1. The van der Waals surface area contributed by atoms with Gasteiger partial charge in [0.05, 0.1) is 13.2 Å². The van der Waals surface area contributed by atoms with Gasteiger partial charge >= 0.3 is 25.7 Å². The molecule has 0 heterocycles. The third-order valence-corrected chi connectivity index (χ3v) is 9.22. The van der Waals surface area contributed by atoms with Crippen LogP contribution in [0.2, 0.25) is 0 Å². The zero-order chi connectivity index (χ0) is 40.0. The van der Waals surface area contributed by atoms with Crippen molar-refractivity contribution in [2.45, 2.75) is 167 Å². The highest BCUT2D eigenvalue weighted by Gasteiger charge is 2.28. The molecule has 54 heavy (non-hydrogen) atoms. The summed E-state index contributed by atoms with van der Waals surface area (Å²) >= 11 is 0. The van der Waals surface area contributed by atoms with Gasteiger partial charge in [-0.1, -0.05) is 126 Å². The van der Waals surface area contributed by atoms with Crippen LogP contribution in [-0.4, -0.2) is 59.9 Å². The Bertz CT molecular complexity index is 1150. The van der Waals surface area contributed by atoms with Crippen LogP contribution in [0, 0.1) is 0 Å². The van der Waals surface area contributed by atoms with Gasteiger partial charge in [0.25, 0.3) is 0 Å². The summed E-state index contributed by atoms with van der Waals surface area (Å²) in [6.07, 6.45) is 41.4. The highest BCUT2D eigenvalue weighted by molar-refractivity contribution is 7.47. The molecule has 0 aromatic heterocycles. The average molecular weight is 782 g/mol. The van der Waals surface area contributed by atoms with Crippen LogP contribution in [0.15, 0.2) is 60.8 Å². The summed E-state index contributed by atoms with van der Waals surface area (Å²) < 4.78 is 32.6. The molecule has 0 bridgehead atoms. The number of carboxylic acids is 1. The van der Waals surface area contributed by atoms with E-state index in [1.54, 1.807) is 0 Å². The van der Waals surface area contributed by atoms with Crippen LogP contribution < -0.4 is 5.73 Å². The molecule has 1 unspecified atom stereocenters. The first-order valence-electron chi connectivity index (χ1n) is 20.3. The molecule has 310 valence electrons. The minimum atomic E-state index is -4.73. The largest absolute Gasteiger partial charge is 0.480 e. The molecule has 0 aliphatic carbocycles. The van der Waals surface area contributed by atoms with Crippen molar-refractivity contribution in [1.29, 1.82) is 0 Å². The molecule has 0 aliphatic heterocycles. The summed E-state index contributed by atoms with van der Waals surface area (Å²) in [5.41, 5.74) is 5.32. The topological polar surface area (TPSA) is 172 Å². The summed E-state index contributed by atoms with van der Waals surface area (Å²) in [5, 5.41) is 8.87. The van der Waals surface area contributed by atoms with Gasteiger partial charge in [0, 0.05) is 12.8 Å². The molecule has 0 saturated carbocycles. The highest BCUT2D eigenvalue weighted by atomic mass is 31.2. The van der Waals surface area contributed by atoms with E-state index in [4.69, 9.17) is 24.8 Å². The Balaban J connectivity index is 4.52. The van der Waals surface area contributed by atoms with Crippen LogP contribution in [0.4, 0.5) is 0 Å². The number of carbonyl (C=O) groups is 3. The van der Waals surface area contributed by atoms with Gasteiger partial charge in [-0.3, -0.25) is 23.4 Å². The third-order valence-electron chi connectivity index (χ3n) is 8.27. The maximum atomic E-state index is 12.6. The van der Waals surface area contributed by atoms with Crippen LogP contribution in [0.5, 0.6) is 0 Å². The number of carboxylic acid groups (broad SMARTS) is 1. The zero-order valence-corrected chi connectivity index (χ0v) is 34.2. The molecular formula is C42H72NO10P. The predicted octanol–water partition coefficient (Wildman–Crippen LogP) is 10.4. The number of hydrogen-bond acceptors (Lipinski definition) is 9. The fraction of sp³-hybridized carbons (Fsp3) is 0.690. The third kappa shape index (κ3) is 36.2. The van der Waals surface area contributed by atoms with Crippen LogP contribution in [0.3, 0.4) is 0 Å². The minimum Gasteiger partial charge on any atom is -0.480 e. The van der Waals surface area contributed by atoms with E-state index in [9.17, 15) is 23.8 Å². The van der Waals surface area contributed by atoms with Crippen LogP contribution in [-0.2, 0) is 37.5 Å². The number of aliphatic carboxylic acids is 1. The first-order valence-corrected chi connectivity index (χ1v) is 21.8. The summed E-state index contributed by atoms with van der Waals surface area (Å²) in [5.74, 6) is -2.46. The standard InChI is InChI=1S/C42H72NO10P/c1-3-5-7-9-11-13-15-17-19-21-23-25-27-29-31-33-40(44)50-35-38(36-51-54(48,49)52-37-39(43)42(46)47)53-41(45)34-32-30-28-26-24-22-20-18-16-14-12-10-8-6-4-2/h11,13-14,16-20,23,25,38-39H,3-10,12,15,21-22,24,26-37,43H2,1-2H3,(H,46,47)(H,48,49)/b13-11+,16-14+,19-17+,20-18+,25-23+/t38-,39+/m1/s1. The molecule has 4 N–H and O–H groups in total. The lowest BCUT2D eigenvalue weighted by atomic mass is 10.1. The first-order chi connectivity index (χ1) is 26.1. The quantitative estimate of drug-likeness (QED) is 0.0180. The Hall–Kier alpha value is -2.82. The molecule has 3 atom stereocenters. The number of nitrogens with two attached hydrogens (primary N) is 1. The highest BCUT2D eigenvalue weighted by Crippen LogP contribution is 2.43. The van der Waals surface area contributed by atoms with E-state index in [1.807, 2.05) is 0 Å². The van der Waals surface area contributed by atoms with Crippen LogP contribution in [0.25, 0.3) is 0 Å². The Kier molecular flexibility index (Phi) is 35.2. The Morgan fingerprint density at radius 3 is 1.65 bits per heavy atom. The van der Waals surface area contributed by atoms with Gasteiger partial charge < -0.3 is 25.2 Å². The zero-order valence-electron chi connectivity index (χ0n) is 33.3. The van der Waals surface area contributed by atoms with Crippen molar-refractivity contribution >= 4 is 25.7 Å². The molecule has 0 aliphatic rings. The number of ether oxygens (including phenoxy) is 2. The van der Waals surface area contributed by atoms with E-state index in [-0.39, 0.29) is 19.4 Å². The van der Waals surface area contributed by atoms with E-state index in [0.717, 1.165) is 70.6 Å². The molecule has 11 nitrogen and oxygen atoms in total. The number of unbranched alkanes of at least 4 members (excludes halogenated alkanes) is 14. The fourth-order valence-electron chi connectivity index (χ4n) is 5.00. The van der Waals surface area contributed by atoms with Crippen molar-refractivity contribution in [1.82, 2.24) is 0 Å². The minimum absolute atomic E-state index is 0.133. The molecule has 0 rings (SSSR count). The predicted molar refractivity (Wildman–Crippen MR) is 217 cm³/mol. The fourth-order valence-corrected chi connectivity index (χ4v) is 5.78. The maximum Gasteiger partial charge on any atom is 0.472 e. The van der Waals surface area contributed by atoms with Crippen molar-refractivity contribution in [3.63, 3.8) is 0 Å². The van der Waals surface area contributed by atoms with Crippen molar-refractivity contribution in [2.24, 2.45) is 5.73 Å².